The van der Waals surface area contributed by atoms with Crippen LogP contribution in [0, 0.1) is 5.92 Å². The Labute approximate surface area is 131 Å². The van der Waals surface area contributed by atoms with Gasteiger partial charge >= 0.3 is 6.09 Å². The summed E-state index contributed by atoms with van der Waals surface area (Å²) in [5, 5.41) is 5.91. The lowest BCUT2D eigenvalue weighted by Crippen LogP contribution is -2.49. The van der Waals surface area contributed by atoms with E-state index in [2.05, 4.69) is 15.6 Å². The number of hydrogen-bond acceptors (Lipinski definition) is 5. The van der Waals surface area contributed by atoms with Crippen molar-refractivity contribution in [1.82, 2.24) is 15.5 Å². The van der Waals surface area contributed by atoms with E-state index in [1.165, 1.54) is 0 Å². The molecule has 0 atom stereocenters. The van der Waals surface area contributed by atoms with E-state index >= 15 is 0 Å². The lowest BCUT2D eigenvalue weighted by Gasteiger charge is -2.33. The highest BCUT2D eigenvalue weighted by atomic mass is 16.6. The third kappa shape index (κ3) is 4.89. The smallest absolute Gasteiger partial charge is 0.410 e. The third-order valence-electron chi connectivity index (χ3n) is 3.66. The van der Waals surface area contributed by atoms with Crippen molar-refractivity contribution in [2.24, 2.45) is 10.9 Å². The molecule has 1 fully saturated rings. The van der Waals surface area contributed by atoms with Crippen molar-refractivity contribution >= 4 is 18.0 Å². The first-order chi connectivity index (χ1) is 10.3. The molecule has 22 heavy (non-hydrogen) atoms. The molecule has 0 spiro atoms. The van der Waals surface area contributed by atoms with Gasteiger partial charge in [0.05, 0.1) is 0 Å². The van der Waals surface area contributed by atoms with Gasteiger partial charge in [-0.1, -0.05) is 0 Å². The van der Waals surface area contributed by atoms with Crippen LogP contribution in [0.25, 0.3) is 0 Å². The number of amides is 2. The molecule has 0 aromatic carbocycles. The molecule has 0 saturated carbocycles. The first-order valence-corrected chi connectivity index (χ1v) is 7.92. The van der Waals surface area contributed by atoms with Crippen LogP contribution in [-0.4, -0.2) is 54.6 Å². The van der Waals surface area contributed by atoms with Crippen molar-refractivity contribution < 1.29 is 14.3 Å². The Morgan fingerprint density at radius 1 is 1.32 bits per heavy atom. The average Bonchev–Trinajstić information content (AvgIpc) is 2.46. The summed E-state index contributed by atoms with van der Waals surface area (Å²) < 4.78 is 5.35. The van der Waals surface area contributed by atoms with Gasteiger partial charge in [-0.05, 0) is 40.0 Å². The number of hydrogen-bond donors (Lipinski definition) is 2. The summed E-state index contributed by atoms with van der Waals surface area (Å²) >= 11 is 0. The maximum atomic E-state index is 12.2. The Kier molecular flexibility index (Phi) is 5.26. The van der Waals surface area contributed by atoms with E-state index in [4.69, 9.17) is 4.74 Å². The molecule has 0 bridgehead atoms. The summed E-state index contributed by atoms with van der Waals surface area (Å²) in [5.74, 6) is 0.480. The van der Waals surface area contributed by atoms with Gasteiger partial charge in [0.2, 0.25) is 5.91 Å². The van der Waals surface area contributed by atoms with Gasteiger partial charge in [0.15, 0.2) is 5.96 Å². The van der Waals surface area contributed by atoms with Gasteiger partial charge in [0.25, 0.3) is 0 Å². The molecule has 2 heterocycles. The Hall–Kier alpha value is -1.79. The minimum atomic E-state index is -0.490. The molecule has 1 saturated heterocycles. The molecule has 0 aliphatic carbocycles. The van der Waals surface area contributed by atoms with E-state index < -0.39 is 5.60 Å². The van der Waals surface area contributed by atoms with E-state index in [1.807, 2.05) is 20.8 Å². The summed E-state index contributed by atoms with van der Waals surface area (Å²) in [6.45, 7) is 8.24. The van der Waals surface area contributed by atoms with Crippen LogP contribution in [0.4, 0.5) is 4.79 Å². The molecule has 2 amide bonds. The van der Waals surface area contributed by atoms with Crippen molar-refractivity contribution in [2.45, 2.75) is 45.6 Å². The number of carbonyl (C=O) groups is 2. The number of guanidine groups is 1. The predicted molar refractivity (Wildman–Crippen MR) is 83.6 cm³/mol. The van der Waals surface area contributed by atoms with E-state index in [0.29, 0.717) is 31.9 Å². The fourth-order valence-corrected chi connectivity index (χ4v) is 2.49. The summed E-state index contributed by atoms with van der Waals surface area (Å²) in [6, 6.07) is 0. The predicted octanol–water partition coefficient (Wildman–Crippen LogP) is 1.10. The number of piperidine rings is 1. The zero-order valence-electron chi connectivity index (χ0n) is 13.6. The standard InChI is InChI=1S/C15H26N4O3/c1-15(2,3)22-14(21)19-9-5-11(6-10-19)12(20)18-13-16-7-4-8-17-13/h11H,4-10H2,1-3H3,(H2,16,17,18,20). The lowest BCUT2D eigenvalue weighted by molar-refractivity contribution is -0.125. The molecule has 2 aliphatic rings. The van der Waals surface area contributed by atoms with E-state index in [0.717, 1.165) is 19.5 Å². The monoisotopic (exact) mass is 310 g/mol. The number of carbonyl (C=O) groups excluding carboxylic acids is 2. The zero-order valence-corrected chi connectivity index (χ0v) is 13.6. The Bertz CT molecular complexity index is 448. The van der Waals surface area contributed by atoms with Crippen molar-refractivity contribution in [3.63, 3.8) is 0 Å². The Morgan fingerprint density at radius 2 is 2.00 bits per heavy atom. The minimum absolute atomic E-state index is 0.0167. The van der Waals surface area contributed by atoms with Crippen LogP contribution in [0.2, 0.25) is 0 Å². The molecule has 0 unspecified atom stereocenters. The first kappa shape index (κ1) is 16.6. The molecule has 7 nitrogen and oxygen atoms in total. The van der Waals surface area contributed by atoms with Crippen LogP contribution in [0.3, 0.4) is 0 Å². The van der Waals surface area contributed by atoms with Crippen LogP contribution >= 0.6 is 0 Å². The molecule has 7 heteroatoms. The molecular formula is C15H26N4O3. The van der Waals surface area contributed by atoms with Crippen molar-refractivity contribution in [3.05, 3.63) is 0 Å². The van der Waals surface area contributed by atoms with Gasteiger partial charge in [-0.2, -0.15) is 0 Å². The second-order valence-corrected chi connectivity index (χ2v) is 6.74. The van der Waals surface area contributed by atoms with E-state index in [9.17, 15) is 9.59 Å². The van der Waals surface area contributed by atoms with Crippen molar-refractivity contribution in [2.75, 3.05) is 26.2 Å². The second kappa shape index (κ2) is 6.98. The summed E-state index contributed by atoms with van der Waals surface area (Å²) in [4.78, 5) is 30.1. The molecule has 2 N–H and O–H groups in total. The molecule has 0 aromatic heterocycles. The summed E-state index contributed by atoms with van der Waals surface area (Å²) in [5.41, 5.74) is -0.490. The number of ether oxygens (including phenoxy) is 1. The van der Waals surface area contributed by atoms with Gasteiger partial charge in [-0.3, -0.25) is 15.1 Å². The summed E-state index contributed by atoms with van der Waals surface area (Å²) in [7, 11) is 0. The highest BCUT2D eigenvalue weighted by Crippen LogP contribution is 2.19. The quantitative estimate of drug-likeness (QED) is 0.760. The van der Waals surface area contributed by atoms with E-state index in [-0.39, 0.29) is 17.9 Å². The topological polar surface area (TPSA) is 83.0 Å². The normalized spacial score (nSPS) is 20.0. The third-order valence-corrected chi connectivity index (χ3v) is 3.66. The van der Waals surface area contributed by atoms with Crippen LogP contribution < -0.4 is 10.6 Å². The van der Waals surface area contributed by atoms with Crippen LogP contribution in [-0.2, 0) is 9.53 Å². The van der Waals surface area contributed by atoms with Crippen LogP contribution in [0.5, 0.6) is 0 Å². The number of nitrogens with one attached hydrogen (secondary N) is 2. The van der Waals surface area contributed by atoms with Gasteiger partial charge in [-0.25, -0.2) is 4.79 Å². The fourth-order valence-electron chi connectivity index (χ4n) is 2.49. The molecule has 2 aliphatic heterocycles. The number of nitrogens with zero attached hydrogens (tertiary/aromatic N) is 2. The largest absolute Gasteiger partial charge is 0.444 e. The highest BCUT2D eigenvalue weighted by Gasteiger charge is 2.30. The number of likely N-dealkylation sites (tertiary alicyclic amines) is 1. The van der Waals surface area contributed by atoms with Crippen molar-refractivity contribution in [1.29, 1.82) is 0 Å². The van der Waals surface area contributed by atoms with Gasteiger partial charge < -0.3 is 15.0 Å². The van der Waals surface area contributed by atoms with Crippen LogP contribution in [0.1, 0.15) is 40.0 Å². The first-order valence-electron chi connectivity index (χ1n) is 7.92. The molecule has 124 valence electrons. The molecule has 0 radical (unpaired) electrons. The maximum absolute atomic E-state index is 12.2. The van der Waals surface area contributed by atoms with E-state index in [1.54, 1.807) is 4.90 Å². The highest BCUT2D eigenvalue weighted by molar-refractivity contribution is 5.98. The average molecular weight is 310 g/mol. The Morgan fingerprint density at radius 3 is 2.55 bits per heavy atom. The molecule has 2 rings (SSSR count). The maximum Gasteiger partial charge on any atom is 0.410 e. The summed E-state index contributed by atoms with van der Waals surface area (Å²) in [6.07, 6.45) is 1.99. The number of aliphatic imine (C=N–C) groups is 1. The molecular weight excluding hydrogens is 284 g/mol. The molecule has 0 aromatic rings. The van der Waals surface area contributed by atoms with Gasteiger partial charge in [0, 0.05) is 32.1 Å². The van der Waals surface area contributed by atoms with Gasteiger partial charge in [-0.15, -0.1) is 0 Å². The lowest BCUT2D eigenvalue weighted by atomic mass is 9.96. The van der Waals surface area contributed by atoms with Crippen LogP contribution in [0.15, 0.2) is 4.99 Å². The second-order valence-electron chi connectivity index (χ2n) is 6.74. The van der Waals surface area contributed by atoms with Crippen molar-refractivity contribution in [3.8, 4) is 0 Å². The van der Waals surface area contributed by atoms with Gasteiger partial charge in [0.1, 0.15) is 5.60 Å². The SMILES string of the molecule is CC(C)(C)OC(=O)N1CCC(C(=O)NC2=NCCCN2)CC1. The fraction of sp³-hybridized carbons (Fsp3) is 0.800. The number of rotatable bonds is 1. The minimum Gasteiger partial charge on any atom is -0.444 e. The Balaban J connectivity index is 1.77. The zero-order chi connectivity index (χ0) is 16.2.